The maximum Gasteiger partial charge on any atom is 0.262 e. The van der Waals surface area contributed by atoms with Crippen molar-refractivity contribution >= 4 is 33.6 Å². The summed E-state index contributed by atoms with van der Waals surface area (Å²) in [5.74, 6) is -3.77. The second-order valence-corrected chi connectivity index (χ2v) is 5.29. The first-order chi connectivity index (χ1) is 10.3. The van der Waals surface area contributed by atoms with E-state index in [2.05, 4.69) is 15.9 Å². The van der Waals surface area contributed by atoms with Crippen molar-refractivity contribution in [3.63, 3.8) is 0 Å². The Morgan fingerprint density at radius 3 is 2.23 bits per heavy atom. The molecule has 3 N–H and O–H groups in total. The number of imide groups is 1. The molecule has 1 aromatic heterocycles. The molecule has 22 heavy (non-hydrogen) atoms. The lowest BCUT2D eigenvalue weighted by Gasteiger charge is -2.12. The van der Waals surface area contributed by atoms with Crippen LogP contribution in [0.15, 0.2) is 27.5 Å². The van der Waals surface area contributed by atoms with Gasteiger partial charge < -0.3 is 5.73 Å². The molecule has 1 aliphatic rings. The molecule has 0 spiro atoms. The number of nitrogens with zero attached hydrogens (tertiary/aromatic N) is 1. The first kappa shape index (κ1) is 14.4. The zero-order valence-electron chi connectivity index (χ0n) is 10.6. The quantitative estimate of drug-likeness (QED) is 0.585. The minimum absolute atomic E-state index is 0.165. The van der Waals surface area contributed by atoms with Gasteiger partial charge in [0.2, 0.25) is 0 Å². The molecular formula is C13H6BrF2N3O3. The number of carbonyl (C=O) groups is 2. The Labute approximate surface area is 129 Å². The van der Waals surface area contributed by atoms with Crippen LogP contribution in [0.25, 0.3) is 5.69 Å². The smallest absolute Gasteiger partial charge is 0.262 e. The van der Waals surface area contributed by atoms with Gasteiger partial charge in [-0.05, 0) is 28.1 Å². The summed E-state index contributed by atoms with van der Waals surface area (Å²) in [6.45, 7) is 0. The Morgan fingerprint density at radius 1 is 1.05 bits per heavy atom. The fourth-order valence-corrected chi connectivity index (χ4v) is 2.45. The van der Waals surface area contributed by atoms with E-state index in [1.165, 1.54) is 0 Å². The van der Waals surface area contributed by atoms with E-state index in [-0.39, 0.29) is 22.6 Å². The number of nitrogen functional groups attached to an aromatic ring is 1. The van der Waals surface area contributed by atoms with Crippen LogP contribution < -0.4 is 16.6 Å². The Hall–Kier alpha value is -2.55. The van der Waals surface area contributed by atoms with Crippen molar-refractivity contribution < 1.29 is 18.4 Å². The van der Waals surface area contributed by atoms with Crippen molar-refractivity contribution in [2.24, 2.45) is 0 Å². The molecule has 0 bridgehead atoms. The molecule has 2 aromatic rings. The molecule has 9 heteroatoms. The van der Waals surface area contributed by atoms with Crippen LogP contribution in [0.2, 0.25) is 0 Å². The molecular weight excluding hydrogens is 364 g/mol. The standard InChI is InChI=1S/C13H6BrF2N3O3/c14-10-6(15)1-4(2-7(10)16)19-8(20)3-5-9(11(19)17)13(22)18-12(5)21/h1-3H,17H2,(H,18,21,22). The molecule has 0 atom stereocenters. The number of carbonyl (C=O) groups excluding carboxylic acids is 2. The number of nitrogens with two attached hydrogens (primary N) is 1. The molecule has 0 radical (unpaired) electrons. The van der Waals surface area contributed by atoms with Gasteiger partial charge >= 0.3 is 0 Å². The summed E-state index contributed by atoms with van der Waals surface area (Å²) in [4.78, 5) is 35.3. The fourth-order valence-electron chi connectivity index (χ4n) is 2.22. The van der Waals surface area contributed by atoms with E-state index in [0.29, 0.717) is 0 Å². The molecule has 0 unspecified atom stereocenters. The zero-order valence-corrected chi connectivity index (χ0v) is 12.2. The second kappa shape index (κ2) is 4.73. The Balaban J connectivity index is 2.35. The molecule has 0 aliphatic carbocycles. The zero-order chi connectivity index (χ0) is 16.2. The third-order valence-corrected chi connectivity index (χ3v) is 3.94. The number of pyridine rings is 1. The lowest BCUT2D eigenvalue weighted by atomic mass is 10.1. The number of anilines is 1. The molecule has 0 saturated heterocycles. The highest BCUT2D eigenvalue weighted by atomic mass is 79.9. The predicted molar refractivity (Wildman–Crippen MR) is 75.9 cm³/mol. The van der Waals surface area contributed by atoms with Gasteiger partial charge in [0.25, 0.3) is 17.4 Å². The van der Waals surface area contributed by atoms with Gasteiger partial charge in [-0.3, -0.25) is 24.3 Å². The molecule has 3 rings (SSSR count). The third kappa shape index (κ3) is 1.93. The molecule has 1 aliphatic heterocycles. The Bertz CT molecular complexity index is 900. The van der Waals surface area contributed by atoms with E-state index in [4.69, 9.17) is 5.73 Å². The molecule has 0 fully saturated rings. The van der Waals surface area contributed by atoms with Crippen molar-refractivity contribution in [3.05, 3.63) is 55.8 Å². The highest BCUT2D eigenvalue weighted by molar-refractivity contribution is 9.10. The molecule has 2 amide bonds. The van der Waals surface area contributed by atoms with E-state index < -0.39 is 33.5 Å². The average Bonchev–Trinajstić information content (AvgIpc) is 2.71. The maximum atomic E-state index is 13.6. The van der Waals surface area contributed by atoms with Crippen LogP contribution in [-0.4, -0.2) is 16.4 Å². The summed E-state index contributed by atoms with van der Waals surface area (Å²) >= 11 is 2.71. The van der Waals surface area contributed by atoms with Gasteiger partial charge in [-0.2, -0.15) is 0 Å². The number of benzene rings is 1. The van der Waals surface area contributed by atoms with Crippen molar-refractivity contribution in [1.29, 1.82) is 0 Å². The number of nitrogens with one attached hydrogen (secondary N) is 1. The van der Waals surface area contributed by atoms with Gasteiger partial charge in [0.15, 0.2) is 0 Å². The van der Waals surface area contributed by atoms with E-state index in [1.807, 2.05) is 5.32 Å². The normalized spacial score (nSPS) is 13.2. The summed E-state index contributed by atoms with van der Waals surface area (Å²) in [5.41, 5.74) is 4.40. The van der Waals surface area contributed by atoms with Crippen molar-refractivity contribution in [3.8, 4) is 5.69 Å². The summed E-state index contributed by atoms with van der Waals surface area (Å²) in [6, 6.07) is 2.65. The van der Waals surface area contributed by atoms with Gasteiger partial charge in [0, 0.05) is 6.07 Å². The SMILES string of the molecule is Nc1c2c(cc(=O)n1-c1cc(F)c(Br)c(F)c1)C(=O)NC2=O. The van der Waals surface area contributed by atoms with E-state index in [0.717, 1.165) is 22.8 Å². The number of fused-ring (bicyclic) bond motifs is 1. The van der Waals surface area contributed by atoms with E-state index in [9.17, 15) is 23.2 Å². The maximum absolute atomic E-state index is 13.6. The summed E-state index contributed by atoms with van der Waals surface area (Å²) in [5, 5.41) is 2.00. The topological polar surface area (TPSA) is 94.2 Å². The monoisotopic (exact) mass is 369 g/mol. The summed E-state index contributed by atoms with van der Waals surface area (Å²) in [7, 11) is 0. The molecule has 112 valence electrons. The van der Waals surface area contributed by atoms with Crippen molar-refractivity contribution in [2.45, 2.75) is 0 Å². The lowest BCUT2D eigenvalue weighted by Crippen LogP contribution is -2.24. The molecule has 0 saturated carbocycles. The molecule has 6 nitrogen and oxygen atoms in total. The lowest BCUT2D eigenvalue weighted by molar-refractivity contribution is 0.0880. The van der Waals surface area contributed by atoms with Crippen molar-refractivity contribution in [2.75, 3.05) is 5.73 Å². The van der Waals surface area contributed by atoms with Gasteiger partial charge in [0.05, 0.1) is 21.3 Å². The molecule has 2 heterocycles. The minimum Gasteiger partial charge on any atom is -0.384 e. The predicted octanol–water partition coefficient (Wildman–Crippen LogP) is 1.34. The Morgan fingerprint density at radius 2 is 1.64 bits per heavy atom. The van der Waals surface area contributed by atoms with Crippen LogP contribution in [0.1, 0.15) is 20.7 Å². The van der Waals surface area contributed by atoms with Crippen LogP contribution in [0, 0.1) is 11.6 Å². The van der Waals surface area contributed by atoms with Gasteiger partial charge in [0.1, 0.15) is 17.5 Å². The number of rotatable bonds is 1. The number of hydrogen-bond acceptors (Lipinski definition) is 4. The van der Waals surface area contributed by atoms with Gasteiger partial charge in [-0.1, -0.05) is 0 Å². The van der Waals surface area contributed by atoms with Crippen LogP contribution in [0.4, 0.5) is 14.6 Å². The van der Waals surface area contributed by atoms with Gasteiger partial charge in [-0.25, -0.2) is 8.78 Å². The minimum atomic E-state index is -0.942. The largest absolute Gasteiger partial charge is 0.384 e. The summed E-state index contributed by atoms with van der Waals surface area (Å²) in [6.07, 6.45) is 0. The number of amides is 2. The fraction of sp³-hybridized carbons (Fsp3) is 0. The van der Waals surface area contributed by atoms with Crippen LogP contribution in [0.3, 0.4) is 0 Å². The molecule has 1 aromatic carbocycles. The average molecular weight is 370 g/mol. The van der Waals surface area contributed by atoms with E-state index in [1.54, 1.807) is 0 Å². The van der Waals surface area contributed by atoms with E-state index >= 15 is 0 Å². The highest BCUT2D eigenvalue weighted by Crippen LogP contribution is 2.26. The van der Waals surface area contributed by atoms with Crippen molar-refractivity contribution in [1.82, 2.24) is 9.88 Å². The Kier molecular flexibility index (Phi) is 3.10. The second-order valence-electron chi connectivity index (χ2n) is 4.50. The third-order valence-electron chi connectivity index (χ3n) is 3.18. The highest BCUT2D eigenvalue weighted by Gasteiger charge is 2.32. The van der Waals surface area contributed by atoms with Crippen LogP contribution in [-0.2, 0) is 0 Å². The number of halogens is 3. The first-order valence-corrected chi connectivity index (χ1v) is 6.66. The van der Waals surface area contributed by atoms with Crippen LogP contribution in [0.5, 0.6) is 0 Å². The first-order valence-electron chi connectivity index (χ1n) is 5.87. The van der Waals surface area contributed by atoms with Gasteiger partial charge in [-0.15, -0.1) is 0 Å². The summed E-state index contributed by atoms with van der Waals surface area (Å²) < 4.78 is 27.6. The van der Waals surface area contributed by atoms with Crippen LogP contribution >= 0.6 is 15.9 Å². The number of aromatic nitrogens is 1. The number of hydrogen-bond donors (Lipinski definition) is 2.